The molecule has 0 unspecified atom stereocenters. The van der Waals surface area contributed by atoms with Gasteiger partial charge in [-0.15, -0.1) is 0 Å². The van der Waals surface area contributed by atoms with Crippen molar-refractivity contribution in [3.63, 3.8) is 0 Å². The number of rotatable bonds is 4. The van der Waals surface area contributed by atoms with Crippen molar-refractivity contribution in [1.82, 2.24) is 14.5 Å². The van der Waals surface area contributed by atoms with Crippen molar-refractivity contribution < 1.29 is 13.9 Å². The van der Waals surface area contributed by atoms with Crippen LogP contribution in [0.3, 0.4) is 0 Å². The highest BCUT2D eigenvalue weighted by Gasteiger charge is 2.24. The van der Waals surface area contributed by atoms with Crippen molar-refractivity contribution in [1.29, 1.82) is 0 Å². The Bertz CT molecular complexity index is 1040. The summed E-state index contributed by atoms with van der Waals surface area (Å²) in [6.07, 6.45) is 0.840. The summed E-state index contributed by atoms with van der Waals surface area (Å²) < 4.78 is 27.0. The Morgan fingerprint density at radius 1 is 1.17 bits per heavy atom. The molecule has 0 saturated carbocycles. The Morgan fingerprint density at radius 3 is 2.76 bits per heavy atom. The van der Waals surface area contributed by atoms with Gasteiger partial charge in [-0.25, -0.2) is 9.37 Å². The van der Waals surface area contributed by atoms with Crippen LogP contribution in [-0.4, -0.2) is 34.4 Å². The predicted molar refractivity (Wildman–Crippen MR) is 111 cm³/mol. The second-order valence-electron chi connectivity index (χ2n) is 7.58. The van der Waals surface area contributed by atoms with Crippen LogP contribution in [0.25, 0.3) is 22.6 Å². The third kappa shape index (κ3) is 3.77. The zero-order valence-corrected chi connectivity index (χ0v) is 17.3. The first kappa shape index (κ1) is 19.6. The van der Waals surface area contributed by atoms with E-state index < -0.39 is 6.67 Å². The van der Waals surface area contributed by atoms with Gasteiger partial charge < -0.3 is 14.0 Å². The SMILES string of the molecule is COc1cc(-c2nc(-c3cc(C)nc(CF)c3)c3n2C[C@@H](C)OCC3)ccc1C. The molecule has 3 aromatic rings. The maximum atomic E-state index is 13.3. The standard InChI is InChI=1S/C23H26FN3O2/c1-14-5-6-17(11-21(14)28-4)23-26-22(18-9-15(2)25-19(10-18)12-24)20-7-8-29-16(3)13-27(20)23/h5-6,9-11,16H,7-8,12-13H2,1-4H3/t16-/m1/s1. The Balaban J connectivity index is 1.92. The number of imidazole rings is 1. The van der Waals surface area contributed by atoms with Crippen LogP contribution in [-0.2, 0) is 24.4 Å². The molecule has 0 radical (unpaired) electrons. The number of hydrogen-bond donors (Lipinski definition) is 0. The van der Waals surface area contributed by atoms with E-state index in [9.17, 15) is 4.39 Å². The van der Waals surface area contributed by atoms with Gasteiger partial charge in [-0.2, -0.15) is 0 Å². The molecular formula is C23H26FN3O2. The quantitative estimate of drug-likeness (QED) is 0.644. The number of nitrogens with zero attached hydrogens (tertiary/aromatic N) is 3. The van der Waals surface area contributed by atoms with Crippen molar-refractivity contribution in [2.45, 2.75) is 46.5 Å². The van der Waals surface area contributed by atoms with Gasteiger partial charge in [0.1, 0.15) is 18.2 Å². The van der Waals surface area contributed by atoms with Gasteiger partial charge >= 0.3 is 0 Å². The highest BCUT2D eigenvalue weighted by molar-refractivity contribution is 5.70. The minimum absolute atomic E-state index is 0.0879. The van der Waals surface area contributed by atoms with Gasteiger partial charge in [0, 0.05) is 28.9 Å². The minimum Gasteiger partial charge on any atom is -0.496 e. The lowest BCUT2D eigenvalue weighted by atomic mass is 10.1. The van der Waals surface area contributed by atoms with E-state index in [1.165, 1.54) is 0 Å². The number of halogens is 1. The normalized spacial score (nSPS) is 16.4. The molecule has 1 aliphatic rings. The molecule has 29 heavy (non-hydrogen) atoms. The van der Waals surface area contributed by atoms with Crippen LogP contribution in [0.4, 0.5) is 4.39 Å². The first-order valence-electron chi connectivity index (χ1n) is 9.90. The maximum Gasteiger partial charge on any atom is 0.141 e. The van der Waals surface area contributed by atoms with Crippen molar-refractivity contribution in [2.75, 3.05) is 13.7 Å². The number of alkyl halides is 1. The molecule has 1 atom stereocenters. The predicted octanol–water partition coefficient (Wildman–Crippen LogP) is 4.67. The lowest BCUT2D eigenvalue weighted by Gasteiger charge is -2.14. The van der Waals surface area contributed by atoms with Crippen molar-refractivity contribution in [2.24, 2.45) is 0 Å². The van der Waals surface area contributed by atoms with Gasteiger partial charge in [0.2, 0.25) is 0 Å². The fourth-order valence-electron chi connectivity index (χ4n) is 3.96. The minimum atomic E-state index is -0.590. The molecular weight excluding hydrogens is 369 g/mol. The molecule has 0 N–H and O–H groups in total. The number of hydrogen-bond acceptors (Lipinski definition) is 4. The topological polar surface area (TPSA) is 49.2 Å². The van der Waals surface area contributed by atoms with E-state index in [4.69, 9.17) is 14.5 Å². The molecule has 1 aromatic carbocycles. The maximum absolute atomic E-state index is 13.3. The number of aromatic nitrogens is 3. The second-order valence-corrected chi connectivity index (χ2v) is 7.58. The van der Waals surface area contributed by atoms with E-state index in [1.807, 2.05) is 32.0 Å². The van der Waals surface area contributed by atoms with Gasteiger partial charge in [-0.1, -0.05) is 12.1 Å². The lowest BCUT2D eigenvalue weighted by Crippen LogP contribution is -2.15. The molecule has 3 heterocycles. The highest BCUT2D eigenvalue weighted by Crippen LogP contribution is 2.34. The van der Waals surface area contributed by atoms with Crippen LogP contribution < -0.4 is 4.74 Å². The van der Waals surface area contributed by atoms with Crippen LogP contribution in [0.2, 0.25) is 0 Å². The molecule has 2 aromatic heterocycles. The molecule has 1 aliphatic heterocycles. The second kappa shape index (κ2) is 7.95. The number of benzene rings is 1. The van der Waals surface area contributed by atoms with Crippen molar-refractivity contribution in [3.05, 3.63) is 53.0 Å². The van der Waals surface area contributed by atoms with Gasteiger partial charge in [-0.05, 0) is 44.5 Å². The van der Waals surface area contributed by atoms with E-state index in [0.29, 0.717) is 18.8 Å². The third-order valence-corrected chi connectivity index (χ3v) is 5.34. The third-order valence-electron chi connectivity index (χ3n) is 5.34. The smallest absolute Gasteiger partial charge is 0.141 e. The van der Waals surface area contributed by atoms with E-state index in [0.717, 1.165) is 51.8 Å². The van der Waals surface area contributed by atoms with E-state index in [-0.39, 0.29) is 6.10 Å². The van der Waals surface area contributed by atoms with E-state index in [1.54, 1.807) is 13.2 Å². The number of methoxy groups -OCH3 is 1. The van der Waals surface area contributed by atoms with Crippen molar-refractivity contribution >= 4 is 0 Å². The van der Waals surface area contributed by atoms with Crippen LogP contribution in [0.1, 0.15) is 29.6 Å². The van der Waals surface area contributed by atoms with Gasteiger partial charge in [-0.3, -0.25) is 4.98 Å². The number of ether oxygens (including phenoxy) is 2. The zero-order valence-electron chi connectivity index (χ0n) is 17.3. The summed E-state index contributed by atoms with van der Waals surface area (Å²) in [5.74, 6) is 1.71. The summed E-state index contributed by atoms with van der Waals surface area (Å²) in [7, 11) is 1.68. The molecule has 0 saturated heterocycles. The largest absolute Gasteiger partial charge is 0.496 e. The lowest BCUT2D eigenvalue weighted by molar-refractivity contribution is 0.0666. The average molecular weight is 395 g/mol. The van der Waals surface area contributed by atoms with Gasteiger partial charge in [0.25, 0.3) is 0 Å². The summed E-state index contributed by atoms with van der Waals surface area (Å²) in [5, 5.41) is 0. The summed E-state index contributed by atoms with van der Waals surface area (Å²) in [4.78, 5) is 9.30. The van der Waals surface area contributed by atoms with E-state index >= 15 is 0 Å². The molecule has 0 aliphatic carbocycles. The molecule has 0 amide bonds. The van der Waals surface area contributed by atoms with Gasteiger partial charge in [0.05, 0.1) is 37.8 Å². The number of fused-ring (bicyclic) bond motifs is 1. The van der Waals surface area contributed by atoms with Crippen molar-refractivity contribution in [3.8, 4) is 28.4 Å². The molecule has 4 rings (SSSR count). The Kier molecular flexibility index (Phi) is 5.37. The Morgan fingerprint density at radius 2 is 2.00 bits per heavy atom. The summed E-state index contributed by atoms with van der Waals surface area (Å²) >= 11 is 0. The molecule has 6 heteroatoms. The zero-order chi connectivity index (χ0) is 20.5. The van der Waals surface area contributed by atoms with Gasteiger partial charge in [0.15, 0.2) is 0 Å². The fourth-order valence-corrected chi connectivity index (χ4v) is 3.96. The Labute approximate surface area is 170 Å². The molecule has 0 bridgehead atoms. The first-order chi connectivity index (χ1) is 14.0. The summed E-state index contributed by atoms with van der Waals surface area (Å²) in [6.45, 7) is 6.74. The molecule has 0 spiro atoms. The van der Waals surface area contributed by atoms with Crippen LogP contribution in [0.5, 0.6) is 5.75 Å². The summed E-state index contributed by atoms with van der Waals surface area (Å²) in [6, 6.07) is 9.90. The Hall–Kier alpha value is -2.73. The number of aryl methyl sites for hydroxylation is 2. The van der Waals surface area contributed by atoms with E-state index in [2.05, 4.69) is 22.5 Å². The molecule has 152 valence electrons. The average Bonchev–Trinajstić information content (AvgIpc) is 2.94. The van der Waals surface area contributed by atoms with Crippen LogP contribution >= 0.6 is 0 Å². The van der Waals surface area contributed by atoms with Crippen LogP contribution in [0, 0.1) is 13.8 Å². The summed E-state index contributed by atoms with van der Waals surface area (Å²) in [5.41, 5.74) is 6.16. The van der Waals surface area contributed by atoms with Crippen LogP contribution in [0.15, 0.2) is 30.3 Å². The number of pyridine rings is 1. The molecule has 0 fully saturated rings. The first-order valence-corrected chi connectivity index (χ1v) is 9.90. The highest BCUT2D eigenvalue weighted by atomic mass is 19.1. The fraction of sp³-hybridized carbons (Fsp3) is 0.391. The monoisotopic (exact) mass is 395 g/mol. The molecule has 5 nitrogen and oxygen atoms in total.